The summed E-state index contributed by atoms with van der Waals surface area (Å²) < 4.78 is 5.19. The average Bonchev–Trinajstić information content (AvgIpc) is 2.29. The summed E-state index contributed by atoms with van der Waals surface area (Å²) in [5.74, 6) is -0.138. The fourth-order valence-corrected chi connectivity index (χ4v) is 2.34. The molecule has 0 aliphatic carbocycles. The number of esters is 1. The van der Waals surface area contributed by atoms with E-state index in [0.29, 0.717) is 12.1 Å². The molecule has 2 fully saturated rings. The summed E-state index contributed by atoms with van der Waals surface area (Å²) >= 11 is 0. The standard InChI is InChI=1S/C9H15NO2.ClH/c1-6(11)12-9-4-7-2-3-8(5-9)10-7;/h7-10H,2-5H2,1H3;1H. The van der Waals surface area contributed by atoms with Gasteiger partial charge in [-0.1, -0.05) is 0 Å². The number of hydrogen-bond donors (Lipinski definition) is 1. The highest BCUT2D eigenvalue weighted by Gasteiger charge is 2.34. The molecule has 2 aliphatic heterocycles. The molecule has 2 aliphatic rings. The summed E-state index contributed by atoms with van der Waals surface area (Å²) in [4.78, 5) is 10.7. The minimum absolute atomic E-state index is 0. The van der Waals surface area contributed by atoms with Crippen molar-refractivity contribution in [2.75, 3.05) is 0 Å². The van der Waals surface area contributed by atoms with Crippen molar-refractivity contribution in [1.29, 1.82) is 0 Å². The van der Waals surface area contributed by atoms with Crippen LogP contribution < -0.4 is 5.32 Å². The first-order valence-corrected chi connectivity index (χ1v) is 4.67. The van der Waals surface area contributed by atoms with Gasteiger partial charge in [0.1, 0.15) is 6.10 Å². The quantitative estimate of drug-likeness (QED) is 0.655. The number of hydrogen-bond acceptors (Lipinski definition) is 3. The Bertz CT molecular complexity index is 186. The molecule has 0 saturated carbocycles. The number of nitrogens with one attached hydrogen (secondary N) is 1. The van der Waals surface area contributed by atoms with Gasteiger partial charge >= 0.3 is 5.97 Å². The normalized spacial score (nSPS) is 36.5. The lowest BCUT2D eigenvalue weighted by Crippen LogP contribution is -2.41. The van der Waals surface area contributed by atoms with Crippen LogP contribution in [-0.2, 0) is 9.53 Å². The molecular formula is C9H16ClNO2. The summed E-state index contributed by atoms with van der Waals surface area (Å²) in [5.41, 5.74) is 0. The van der Waals surface area contributed by atoms with Crippen LogP contribution in [0, 0.1) is 0 Å². The van der Waals surface area contributed by atoms with Gasteiger partial charge in [0.15, 0.2) is 0 Å². The third-order valence-electron chi connectivity index (χ3n) is 2.76. The smallest absolute Gasteiger partial charge is 0.302 e. The van der Waals surface area contributed by atoms with Crippen LogP contribution in [0.25, 0.3) is 0 Å². The summed E-state index contributed by atoms with van der Waals surface area (Å²) in [6, 6.07) is 1.21. The Morgan fingerprint density at radius 1 is 1.31 bits per heavy atom. The second kappa shape index (κ2) is 4.29. The van der Waals surface area contributed by atoms with Gasteiger partial charge in [-0.15, -0.1) is 12.4 Å². The summed E-state index contributed by atoms with van der Waals surface area (Å²) in [5, 5.41) is 3.50. The van der Waals surface area contributed by atoms with Gasteiger partial charge in [0.25, 0.3) is 0 Å². The van der Waals surface area contributed by atoms with Crippen molar-refractivity contribution >= 4 is 18.4 Å². The van der Waals surface area contributed by atoms with E-state index in [4.69, 9.17) is 4.74 Å². The summed E-state index contributed by atoms with van der Waals surface area (Å²) in [7, 11) is 0. The van der Waals surface area contributed by atoms with Crippen LogP contribution in [0.1, 0.15) is 32.6 Å². The number of carbonyl (C=O) groups excluding carboxylic acids is 1. The zero-order valence-electron chi connectivity index (χ0n) is 7.79. The van der Waals surface area contributed by atoms with Gasteiger partial charge in [-0.25, -0.2) is 0 Å². The monoisotopic (exact) mass is 205 g/mol. The molecule has 3 nitrogen and oxygen atoms in total. The largest absolute Gasteiger partial charge is 0.462 e. The molecule has 0 spiro atoms. The van der Waals surface area contributed by atoms with Crippen molar-refractivity contribution in [3.8, 4) is 0 Å². The minimum Gasteiger partial charge on any atom is -0.462 e. The Labute approximate surface area is 84.6 Å². The van der Waals surface area contributed by atoms with Crippen molar-refractivity contribution in [2.45, 2.75) is 50.8 Å². The van der Waals surface area contributed by atoms with Gasteiger partial charge < -0.3 is 10.1 Å². The lowest BCUT2D eigenvalue weighted by molar-refractivity contribution is -0.148. The van der Waals surface area contributed by atoms with Crippen LogP contribution in [0.2, 0.25) is 0 Å². The van der Waals surface area contributed by atoms with Crippen LogP contribution in [0.15, 0.2) is 0 Å². The number of piperidine rings is 1. The maximum absolute atomic E-state index is 10.7. The second-order valence-electron chi connectivity index (χ2n) is 3.84. The first-order valence-electron chi connectivity index (χ1n) is 4.67. The third-order valence-corrected chi connectivity index (χ3v) is 2.76. The van der Waals surface area contributed by atoms with Crippen molar-refractivity contribution in [3.05, 3.63) is 0 Å². The van der Waals surface area contributed by atoms with E-state index < -0.39 is 0 Å². The third kappa shape index (κ3) is 2.58. The average molecular weight is 206 g/mol. The molecule has 0 aromatic heterocycles. The predicted molar refractivity (Wildman–Crippen MR) is 52.0 cm³/mol. The molecule has 0 aromatic rings. The molecule has 76 valence electrons. The van der Waals surface area contributed by atoms with Crippen LogP contribution in [0.5, 0.6) is 0 Å². The molecule has 2 bridgehead atoms. The Morgan fingerprint density at radius 2 is 1.85 bits per heavy atom. The Morgan fingerprint density at radius 3 is 2.31 bits per heavy atom. The molecule has 0 radical (unpaired) electrons. The summed E-state index contributed by atoms with van der Waals surface area (Å²) in [6.45, 7) is 1.49. The number of halogens is 1. The Balaban J connectivity index is 0.000000845. The van der Waals surface area contributed by atoms with Gasteiger partial charge in [-0.2, -0.15) is 0 Å². The minimum atomic E-state index is -0.138. The molecule has 2 rings (SSSR count). The topological polar surface area (TPSA) is 38.3 Å². The molecule has 13 heavy (non-hydrogen) atoms. The van der Waals surface area contributed by atoms with E-state index in [1.165, 1.54) is 19.8 Å². The van der Waals surface area contributed by atoms with Gasteiger partial charge in [0.05, 0.1) is 0 Å². The number of rotatable bonds is 1. The maximum atomic E-state index is 10.7. The first kappa shape index (κ1) is 10.8. The first-order chi connectivity index (χ1) is 5.74. The number of carbonyl (C=O) groups is 1. The Hall–Kier alpha value is -0.280. The molecule has 2 unspecified atom stereocenters. The molecule has 2 atom stereocenters. The highest BCUT2D eigenvalue weighted by molar-refractivity contribution is 5.85. The summed E-state index contributed by atoms with van der Waals surface area (Å²) in [6.07, 6.45) is 4.71. The molecule has 2 heterocycles. The van der Waals surface area contributed by atoms with E-state index in [1.54, 1.807) is 0 Å². The highest BCUT2D eigenvalue weighted by Crippen LogP contribution is 2.28. The number of fused-ring (bicyclic) bond motifs is 2. The molecule has 0 aromatic carbocycles. The maximum Gasteiger partial charge on any atom is 0.302 e. The van der Waals surface area contributed by atoms with E-state index in [1.807, 2.05) is 0 Å². The zero-order valence-corrected chi connectivity index (χ0v) is 8.60. The molecule has 1 N–H and O–H groups in total. The van der Waals surface area contributed by atoms with Gasteiger partial charge in [-0.05, 0) is 25.7 Å². The molecule has 4 heteroatoms. The predicted octanol–water partition coefficient (Wildman–Crippen LogP) is 1.25. The van der Waals surface area contributed by atoms with Gasteiger partial charge in [-0.3, -0.25) is 4.79 Å². The molecule has 2 saturated heterocycles. The Kier molecular flexibility index (Phi) is 3.56. The van der Waals surface area contributed by atoms with Crippen molar-refractivity contribution in [3.63, 3.8) is 0 Å². The fraction of sp³-hybridized carbons (Fsp3) is 0.889. The van der Waals surface area contributed by atoms with Crippen molar-refractivity contribution in [1.82, 2.24) is 5.32 Å². The van der Waals surface area contributed by atoms with E-state index in [2.05, 4.69) is 5.32 Å². The van der Waals surface area contributed by atoms with Crippen LogP contribution in [0.4, 0.5) is 0 Å². The molecule has 0 amide bonds. The van der Waals surface area contributed by atoms with Crippen molar-refractivity contribution < 1.29 is 9.53 Å². The van der Waals surface area contributed by atoms with Gasteiger partial charge in [0, 0.05) is 19.0 Å². The lowest BCUT2D eigenvalue weighted by Gasteiger charge is -2.28. The van der Waals surface area contributed by atoms with Crippen molar-refractivity contribution in [2.24, 2.45) is 0 Å². The number of ether oxygens (including phenoxy) is 1. The van der Waals surface area contributed by atoms with Crippen LogP contribution >= 0.6 is 12.4 Å². The van der Waals surface area contributed by atoms with E-state index in [0.717, 1.165) is 12.8 Å². The van der Waals surface area contributed by atoms with Gasteiger partial charge in [0.2, 0.25) is 0 Å². The van der Waals surface area contributed by atoms with Crippen LogP contribution in [-0.4, -0.2) is 24.2 Å². The second-order valence-corrected chi connectivity index (χ2v) is 3.84. The van der Waals surface area contributed by atoms with E-state index in [9.17, 15) is 4.79 Å². The zero-order chi connectivity index (χ0) is 8.55. The molecular weight excluding hydrogens is 190 g/mol. The van der Waals surface area contributed by atoms with E-state index >= 15 is 0 Å². The van der Waals surface area contributed by atoms with E-state index in [-0.39, 0.29) is 24.5 Å². The highest BCUT2D eigenvalue weighted by atomic mass is 35.5. The SMILES string of the molecule is CC(=O)OC1CC2CCC(C1)N2.Cl. The lowest BCUT2D eigenvalue weighted by atomic mass is 10.0. The fourth-order valence-electron chi connectivity index (χ4n) is 2.34. The van der Waals surface area contributed by atoms with Crippen LogP contribution in [0.3, 0.4) is 0 Å².